The molecule has 2 aromatic rings. The van der Waals surface area contributed by atoms with E-state index >= 15 is 0 Å². The number of carbonyl (C=O) groups is 1. The third-order valence-electron chi connectivity index (χ3n) is 3.19. The molecule has 0 saturated heterocycles. The second-order valence-electron chi connectivity index (χ2n) is 4.55. The van der Waals surface area contributed by atoms with E-state index in [9.17, 15) is 4.79 Å². The molecule has 1 heterocycles. The number of aromatic nitrogens is 2. The highest BCUT2D eigenvalue weighted by Gasteiger charge is 2.22. The lowest BCUT2D eigenvalue weighted by atomic mass is 10.1. The zero-order chi connectivity index (χ0) is 13.9. The largest absolute Gasteiger partial charge is 0.472 e. The van der Waals surface area contributed by atoms with Crippen LogP contribution in [0.15, 0.2) is 24.3 Å². The molecule has 2 amide bonds. The monoisotopic (exact) mass is 290 g/mol. The number of ether oxygens (including phenoxy) is 1. The summed E-state index contributed by atoms with van der Waals surface area (Å²) in [6.45, 7) is 0. The average Bonchev–Trinajstić information content (AvgIpc) is 3.04. The van der Waals surface area contributed by atoms with Gasteiger partial charge in [-0.25, -0.2) is 4.79 Å². The third kappa shape index (κ3) is 2.72. The van der Waals surface area contributed by atoms with E-state index in [0.29, 0.717) is 10.3 Å². The van der Waals surface area contributed by atoms with E-state index in [0.717, 1.165) is 12.8 Å². The summed E-state index contributed by atoms with van der Waals surface area (Å²) in [6.07, 6.45) is 1.73. The number of benzene rings is 1. The van der Waals surface area contributed by atoms with Crippen LogP contribution in [0.25, 0.3) is 0 Å². The predicted molar refractivity (Wildman–Crippen MR) is 76.3 cm³/mol. The highest BCUT2D eigenvalue weighted by Crippen LogP contribution is 2.23. The standard InChI is InChI=1S/C13H14N4O2S/c1-19-13-17-16-12(20-13)15-11(18)14-10-6-8-4-2-3-5-9(8)7-10/h2-5,10H,6-7H2,1H3,(H2,14,15,16,18). The van der Waals surface area contributed by atoms with Gasteiger partial charge in [0.05, 0.1) is 7.11 Å². The van der Waals surface area contributed by atoms with Crippen molar-refractivity contribution in [2.45, 2.75) is 18.9 Å². The van der Waals surface area contributed by atoms with Gasteiger partial charge in [-0.2, -0.15) is 0 Å². The van der Waals surface area contributed by atoms with Gasteiger partial charge in [0.2, 0.25) is 5.13 Å². The Morgan fingerprint density at radius 3 is 2.60 bits per heavy atom. The minimum atomic E-state index is -0.262. The number of nitrogens with zero attached hydrogens (tertiary/aromatic N) is 2. The highest BCUT2D eigenvalue weighted by atomic mass is 32.1. The van der Waals surface area contributed by atoms with Crippen LogP contribution in [0.3, 0.4) is 0 Å². The van der Waals surface area contributed by atoms with Gasteiger partial charge >= 0.3 is 6.03 Å². The molecule has 7 heteroatoms. The molecule has 0 atom stereocenters. The van der Waals surface area contributed by atoms with Gasteiger partial charge in [-0.1, -0.05) is 29.4 Å². The summed E-state index contributed by atoms with van der Waals surface area (Å²) in [4.78, 5) is 11.9. The molecule has 0 aliphatic heterocycles. The van der Waals surface area contributed by atoms with Crippen LogP contribution in [0.4, 0.5) is 9.93 Å². The fourth-order valence-electron chi connectivity index (χ4n) is 2.32. The smallest absolute Gasteiger partial charge is 0.321 e. The molecule has 0 bridgehead atoms. The Hall–Kier alpha value is -2.15. The van der Waals surface area contributed by atoms with Crippen LogP contribution < -0.4 is 15.4 Å². The van der Waals surface area contributed by atoms with Crippen LogP contribution in [0.1, 0.15) is 11.1 Å². The first kappa shape index (κ1) is 12.9. The molecule has 6 nitrogen and oxygen atoms in total. The molecule has 0 fully saturated rings. The number of urea groups is 1. The first-order valence-electron chi connectivity index (χ1n) is 6.26. The van der Waals surface area contributed by atoms with Crippen molar-refractivity contribution in [3.05, 3.63) is 35.4 Å². The van der Waals surface area contributed by atoms with E-state index in [1.807, 2.05) is 12.1 Å². The van der Waals surface area contributed by atoms with Crippen molar-refractivity contribution in [2.24, 2.45) is 0 Å². The Bertz CT molecular complexity index is 603. The van der Waals surface area contributed by atoms with Crippen LogP contribution in [0.2, 0.25) is 0 Å². The molecular weight excluding hydrogens is 276 g/mol. The van der Waals surface area contributed by atoms with E-state index in [4.69, 9.17) is 4.74 Å². The number of nitrogens with one attached hydrogen (secondary N) is 2. The van der Waals surface area contributed by atoms with E-state index in [-0.39, 0.29) is 12.1 Å². The maximum Gasteiger partial charge on any atom is 0.321 e. The van der Waals surface area contributed by atoms with Gasteiger partial charge in [0.15, 0.2) is 0 Å². The molecule has 2 N–H and O–H groups in total. The van der Waals surface area contributed by atoms with Crippen molar-refractivity contribution < 1.29 is 9.53 Å². The van der Waals surface area contributed by atoms with Gasteiger partial charge in [0, 0.05) is 6.04 Å². The van der Waals surface area contributed by atoms with E-state index in [1.54, 1.807) is 0 Å². The summed E-state index contributed by atoms with van der Waals surface area (Å²) >= 11 is 1.19. The second-order valence-corrected chi connectivity index (χ2v) is 5.49. The maximum absolute atomic E-state index is 11.9. The number of hydrogen-bond acceptors (Lipinski definition) is 5. The topological polar surface area (TPSA) is 76.1 Å². The van der Waals surface area contributed by atoms with Gasteiger partial charge in [-0.3, -0.25) is 5.32 Å². The van der Waals surface area contributed by atoms with Crippen LogP contribution in [0.5, 0.6) is 5.19 Å². The number of methoxy groups -OCH3 is 1. The molecule has 1 aliphatic rings. The zero-order valence-corrected chi connectivity index (χ0v) is 11.7. The van der Waals surface area contributed by atoms with Crippen molar-refractivity contribution in [1.82, 2.24) is 15.5 Å². The Labute approximate surface area is 120 Å². The van der Waals surface area contributed by atoms with Crippen molar-refractivity contribution in [3.63, 3.8) is 0 Å². The number of carbonyl (C=O) groups excluding carboxylic acids is 1. The number of amides is 2. The normalized spacial score (nSPS) is 13.8. The zero-order valence-electron chi connectivity index (χ0n) is 10.9. The van der Waals surface area contributed by atoms with Gasteiger partial charge in [-0.05, 0) is 35.3 Å². The Morgan fingerprint density at radius 2 is 2.00 bits per heavy atom. The molecule has 3 rings (SSSR count). The molecule has 0 saturated carbocycles. The van der Waals surface area contributed by atoms with Crippen LogP contribution in [0, 0.1) is 0 Å². The van der Waals surface area contributed by atoms with Crippen LogP contribution >= 0.6 is 11.3 Å². The number of hydrogen-bond donors (Lipinski definition) is 2. The van der Waals surface area contributed by atoms with Gasteiger partial charge in [-0.15, -0.1) is 5.10 Å². The molecule has 0 radical (unpaired) electrons. The van der Waals surface area contributed by atoms with Crippen molar-refractivity contribution >= 4 is 22.5 Å². The lowest BCUT2D eigenvalue weighted by Gasteiger charge is -2.11. The minimum Gasteiger partial charge on any atom is -0.472 e. The molecule has 104 valence electrons. The molecule has 0 spiro atoms. The van der Waals surface area contributed by atoms with E-state index in [2.05, 4.69) is 33.0 Å². The fourth-order valence-corrected chi connectivity index (χ4v) is 2.88. The van der Waals surface area contributed by atoms with Crippen molar-refractivity contribution in [2.75, 3.05) is 12.4 Å². The number of fused-ring (bicyclic) bond motifs is 1. The summed E-state index contributed by atoms with van der Waals surface area (Å²) < 4.78 is 4.93. The minimum absolute atomic E-state index is 0.127. The molecular formula is C13H14N4O2S. The molecule has 0 unspecified atom stereocenters. The van der Waals surface area contributed by atoms with Crippen LogP contribution in [-0.4, -0.2) is 29.4 Å². The van der Waals surface area contributed by atoms with E-state index in [1.165, 1.54) is 29.6 Å². The summed E-state index contributed by atoms with van der Waals surface area (Å²) in [5.74, 6) is 0. The van der Waals surface area contributed by atoms with E-state index < -0.39 is 0 Å². The summed E-state index contributed by atoms with van der Waals surface area (Å²) in [7, 11) is 1.51. The quantitative estimate of drug-likeness (QED) is 0.904. The molecule has 20 heavy (non-hydrogen) atoms. The average molecular weight is 290 g/mol. The lowest BCUT2D eigenvalue weighted by molar-refractivity contribution is 0.249. The lowest BCUT2D eigenvalue weighted by Crippen LogP contribution is -2.38. The predicted octanol–water partition coefficient (Wildman–Crippen LogP) is 1.84. The van der Waals surface area contributed by atoms with Gasteiger partial charge in [0.1, 0.15) is 0 Å². The van der Waals surface area contributed by atoms with Crippen molar-refractivity contribution in [1.29, 1.82) is 0 Å². The SMILES string of the molecule is COc1nnc(NC(=O)NC2Cc3ccccc3C2)s1. The molecule has 1 aromatic heterocycles. The molecule has 1 aliphatic carbocycles. The van der Waals surface area contributed by atoms with Gasteiger partial charge < -0.3 is 10.1 Å². The molecule has 1 aromatic carbocycles. The Kier molecular flexibility index (Phi) is 3.51. The van der Waals surface area contributed by atoms with Crippen LogP contribution in [-0.2, 0) is 12.8 Å². The first-order valence-corrected chi connectivity index (χ1v) is 7.08. The summed E-state index contributed by atoms with van der Waals surface area (Å²) in [6, 6.07) is 8.11. The first-order chi connectivity index (χ1) is 9.74. The maximum atomic E-state index is 11.9. The number of rotatable bonds is 3. The highest BCUT2D eigenvalue weighted by molar-refractivity contribution is 7.17. The second kappa shape index (κ2) is 5.46. The number of anilines is 1. The van der Waals surface area contributed by atoms with Gasteiger partial charge in [0.25, 0.3) is 5.19 Å². The Balaban J connectivity index is 1.55. The summed E-state index contributed by atoms with van der Waals surface area (Å²) in [5, 5.41) is 14.0. The Morgan fingerprint density at radius 1 is 1.30 bits per heavy atom. The third-order valence-corrected chi connectivity index (χ3v) is 3.99. The fraction of sp³-hybridized carbons (Fsp3) is 0.308. The summed E-state index contributed by atoms with van der Waals surface area (Å²) in [5.41, 5.74) is 2.60. The van der Waals surface area contributed by atoms with Crippen molar-refractivity contribution in [3.8, 4) is 5.19 Å².